The first-order valence-corrected chi connectivity index (χ1v) is 11.6. The van der Waals surface area contributed by atoms with Gasteiger partial charge in [-0.1, -0.05) is 92.2 Å². The van der Waals surface area contributed by atoms with Crippen LogP contribution >= 0.6 is 0 Å². The molecule has 33 heavy (non-hydrogen) atoms. The van der Waals surface area contributed by atoms with Gasteiger partial charge >= 0.3 is 0 Å². The van der Waals surface area contributed by atoms with Crippen molar-refractivity contribution in [2.45, 2.75) is 44.6 Å². The van der Waals surface area contributed by atoms with E-state index in [1.165, 1.54) is 0 Å². The number of carbonyl (C=O) groups is 2. The van der Waals surface area contributed by atoms with Gasteiger partial charge in [0.25, 0.3) is 5.91 Å². The van der Waals surface area contributed by atoms with Crippen molar-refractivity contribution in [2.24, 2.45) is 0 Å². The first-order valence-electron chi connectivity index (χ1n) is 11.6. The van der Waals surface area contributed by atoms with Crippen LogP contribution in [0.25, 0.3) is 0 Å². The van der Waals surface area contributed by atoms with Gasteiger partial charge in [-0.15, -0.1) is 0 Å². The van der Waals surface area contributed by atoms with Crippen LogP contribution in [0.1, 0.15) is 47.4 Å². The molecule has 3 aromatic carbocycles. The zero-order valence-corrected chi connectivity index (χ0v) is 18.9. The molecule has 1 aliphatic rings. The number of nitrogens with zero attached hydrogens (tertiary/aromatic N) is 1. The molecule has 1 fully saturated rings. The number of rotatable bonds is 10. The molecule has 170 valence electrons. The predicted octanol–water partition coefficient (Wildman–Crippen LogP) is 4.75. The standard InChI is InChI=1S/C28H30N2O3/c1-2-3-19-29-27(31)24(26-25(33-26)22-15-9-5-10-16-22)30(20-21-13-7-4-8-14-21)28(32)23-17-11-6-12-18-23/h4-18,24-26H,2-3,19-20H2,1H3,(H,29,31)/t24?,25-,26-/m1/s1. The summed E-state index contributed by atoms with van der Waals surface area (Å²) in [4.78, 5) is 28.8. The third kappa shape index (κ3) is 5.68. The summed E-state index contributed by atoms with van der Waals surface area (Å²) in [5, 5.41) is 3.04. The third-order valence-electron chi connectivity index (χ3n) is 5.88. The van der Waals surface area contributed by atoms with Crippen LogP contribution in [0.15, 0.2) is 91.0 Å². The van der Waals surface area contributed by atoms with E-state index in [9.17, 15) is 9.59 Å². The number of nitrogens with one attached hydrogen (secondary N) is 1. The van der Waals surface area contributed by atoms with Gasteiger partial charge in [0.15, 0.2) is 0 Å². The highest BCUT2D eigenvalue weighted by atomic mass is 16.6. The monoisotopic (exact) mass is 442 g/mol. The molecule has 0 radical (unpaired) electrons. The van der Waals surface area contributed by atoms with Crippen LogP contribution in [-0.2, 0) is 16.1 Å². The topological polar surface area (TPSA) is 61.9 Å². The Morgan fingerprint density at radius 1 is 0.909 bits per heavy atom. The minimum absolute atomic E-state index is 0.174. The molecule has 3 aromatic rings. The van der Waals surface area contributed by atoms with Gasteiger partial charge in [0.1, 0.15) is 18.2 Å². The fraction of sp³-hybridized carbons (Fsp3) is 0.286. The van der Waals surface area contributed by atoms with Crippen LogP contribution in [0.5, 0.6) is 0 Å². The van der Waals surface area contributed by atoms with Crippen LogP contribution in [0.4, 0.5) is 0 Å². The number of hydrogen-bond acceptors (Lipinski definition) is 3. The zero-order chi connectivity index (χ0) is 23.0. The molecule has 0 saturated carbocycles. The number of ether oxygens (including phenoxy) is 1. The van der Waals surface area contributed by atoms with Crippen molar-refractivity contribution < 1.29 is 14.3 Å². The fourth-order valence-electron chi connectivity index (χ4n) is 4.06. The number of epoxide rings is 1. The van der Waals surface area contributed by atoms with Crippen molar-refractivity contribution in [3.8, 4) is 0 Å². The number of hydrogen-bond donors (Lipinski definition) is 1. The molecule has 0 aromatic heterocycles. The smallest absolute Gasteiger partial charge is 0.254 e. The minimum Gasteiger partial charge on any atom is -0.362 e. The molecule has 1 N–H and O–H groups in total. The zero-order valence-electron chi connectivity index (χ0n) is 18.9. The van der Waals surface area contributed by atoms with Crippen molar-refractivity contribution in [1.29, 1.82) is 0 Å². The Labute approximate surface area is 195 Å². The summed E-state index contributed by atoms with van der Waals surface area (Å²) in [7, 11) is 0. The Kier molecular flexibility index (Phi) is 7.53. The van der Waals surface area contributed by atoms with Gasteiger partial charge in [-0.2, -0.15) is 0 Å². The van der Waals surface area contributed by atoms with E-state index >= 15 is 0 Å². The molecule has 1 saturated heterocycles. The molecule has 0 spiro atoms. The van der Waals surface area contributed by atoms with Gasteiger partial charge in [0, 0.05) is 18.7 Å². The first kappa shape index (κ1) is 22.7. The highest BCUT2D eigenvalue weighted by Gasteiger charge is 2.52. The van der Waals surface area contributed by atoms with E-state index in [-0.39, 0.29) is 17.9 Å². The van der Waals surface area contributed by atoms with E-state index in [0.717, 1.165) is 24.0 Å². The molecule has 5 nitrogen and oxygen atoms in total. The summed E-state index contributed by atoms with van der Waals surface area (Å²) in [6, 6.07) is 28.0. The maximum atomic E-state index is 13.7. The van der Waals surface area contributed by atoms with Gasteiger partial charge < -0.3 is 15.0 Å². The Balaban J connectivity index is 1.67. The summed E-state index contributed by atoms with van der Waals surface area (Å²) in [6.07, 6.45) is 1.26. The Bertz CT molecular complexity index is 1040. The normalized spacial score (nSPS) is 17.7. The maximum absolute atomic E-state index is 13.7. The highest BCUT2D eigenvalue weighted by molar-refractivity contribution is 5.98. The van der Waals surface area contributed by atoms with E-state index in [2.05, 4.69) is 12.2 Å². The van der Waals surface area contributed by atoms with Crippen LogP contribution < -0.4 is 5.32 Å². The van der Waals surface area contributed by atoms with Crippen molar-refractivity contribution in [1.82, 2.24) is 10.2 Å². The number of benzene rings is 3. The van der Waals surface area contributed by atoms with Gasteiger partial charge in [0.2, 0.25) is 5.91 Å². The Morgan fingerprint density at radius 2 is 1.52 bits per heavy atom. The second-order valence-corrected chi connectivity index (χ2v) is 8.31. The predicted molar refractivity (Wildman–Crippen MR) is 129 cm³/mol. The van der Waals surface area contributed by atoms with Crippen molar-refractivity contribution in [3.05, 3.63) is 108 Å². The second kappa shape index (κ2) is 10.9. The number of carbonyl (C=O) groups excluding carboxylic acids is 2. The molecule has 0 bridgehead atoms. The van der Waals surface area contributed by atoms with Crippen molar-refractivity contribution >= 4 is 11.8 Å². The number of unbranched alkanes of at least 4 members (excludes halogenated alkanes) is 1. The fourth-order valence-corrected chi connectivity index (χ4v) is 4.06. The summed E-state index contributed by atoms with van der Waals surface area (Å²) >= 11 is 0. The van der Waals surface area contributed by atoms with Crippen molar-refractivity contribution in [2.75, 3.05) is 6.54 Å². The van der Waals surface area contributed by atoms with Crippen LogP contribution in [-0.4, -0.2) is 35.4 Å². The molecule has 0 aliphatic carbocycles. The summed E-state index contributed by atoms with van der Waals surface area (Å²) in [5.74, 6) is -0.357. The van der Waals surface area contributed by atoms with Crippen LogP contribution in [0.2, 0.25) is 0 Å². The lowest BCUT2D eigenvalue weighted by molar-refractivity contribution is -0.126. The van der Waals surface area contributed by atoms with Crippen molar-refractivity contribution in [3.63, 3.8) is 0 Å². The van der Waals surface area contributed by atoms with Gasteiger partial charge in [0.05, 0.1) is 0 Å². The second-order valence-electron chi connectivity index (χ2n) is 8.31. The van der Waals surface area contributed by atoms with E-state index < -0.39 is 12.1 Å². The molecule has 3 atom stereocenters. The maximum Gasteiger partial charge on any atom is 0.254 e. The quantitative estimate of drug-likeness (QED) is 0.364. The average Bonchev–Trinajstić information content (AvgIpc) is 3.65. The summed E-state index contributed by atoms with van der Waals surface area (Å²) in [5.41, 5.74) is 2.53. The molecular weight excluding hydrogens is 412 g/mol. The Morgan fingerprint density at radius 3 is 2.15 bits per heavy atom. The molecule has 4 rings (SSSR count). The summed E-state index contributed by atoms with van der Waals surface area (Å²) in [6.45, 7) is 2.98. The average molecular weight is 443 g/mol. The first-order chi connectivity index (χ1) is 16.2. The van der Waals surface area contributed by atoms with E-state index in [1.54, 1.807) is 17.0 Å². The molecular formula is C28H30N2O3. The molecule has 1 unspecified atom stereocenters. The lowest BCUT2D eigenvalue weighted by atomic mass is 10.0. The third-order valence-corrected chi connectivity index (χ3v) is 5.88. The Hall–Kier alpha value is -3.44. The molecule has 2 amide bonds. The van der Waals surface area contributed by atoms with Crippen LogP contribution in [0.3, 0.4) is 0 Å². The molecule has 1 aliphatic heterocycles. The summed E-state index contributed by atoms with van der Waals surface area (Å²) < 4.78 is 6.04. The van der Waals surface area contributed by atoms with Gasteiger partial charge in [-0.05, 0) is 29.7 Å². The largest absolute Gasteiger partial charge is 0.362 e. The van der Waals surface area contributed by atoms with E-state index in [1.807, 2.05) is 78.9 Å². The minimum atomic E-state index is -0.736. The number of amides is 2. The molecule has 1 heterocycles. The SMILES string of the molecule is CCCCNC(=O)C([C@H]1O[C@@H]1c1ccccc1)N(Cc1ccccc1)C(=O)c1ccccc1. The van der Waals surface area contributed by atoms with Gasteiger partial charge in [-0.3, -0.25) is 9.59 Å². The lowest BCUT2D eigenvalue weighted by Crippen LogP contribution is -2.52. The van der Waals surface area contributed by atoms with Crippen LogP contribution in [0, 0.1) is 0 Å². The van der Waals surface area contributed by atoms with Gasteiger partial charge in [-0.25, -0.2) is 0 Å². The lowest BCUT2D eigenvalue weighted by Gasteiger charge is -2.30. The van der Waals surface area contributed by atoms with E-state index in [4.69, 9.17) is 4.74 Å². The van der Waals surface area contributed by atoms with E-state index in [0.29, 0.717) is 18.7 Å². The molecule has 5 heteroatoms. The highest BCUT2D eigenvalue weighted by Crippen LogP contribution is 2.43.